The minimum absolute atomic E-state index is 0.192. The van der Waals surface area contributed by atoms with Crippen LogP contribution in [0, 0.1) is 17.0 Å². The second-order valence-corrected chi connectivity index (χ2v) is 3.69. The fourth-order valence-corrected chi connectivity index (χ4v) is 1.37. The predicted molar refractivity (Wildman–Crippen MR) is 64.5 cm³/mol. The summed E-state index contributed by atoms with van der Waals surface area (Å²) in [6, 6.07) is 1.23. The minimum atomic E-state index is -0.575. The number of amides is 1. The van der Waals surface area contributed by atoms with Gasteiger partial charge in [-0.05, 0) is 13.3 Å². The van der Waals surface area contributed by atoms with Crippen LogP contribution in [-0.2, 0) is 4.74 Å². The van der Waals surface area contributed by atoms with Gasteiger partial charge in [0.05, 0.1) is 16.2 Å². The zero-order valence-corrected chi connectivity index (χ0v) is 10.3. The summed E-state index contributed by atoms with van der Waals surface area (Å²) in [5, 5.41) is 13.3. The molecule has 1 aromatic rings. The molecule has 0 spiro atoms. The number of nitrogens with one attached hydrogen (secondary N) is 1. The van der Waals surface area contributed by atoms with Crippen molar-refractivity contribution in [3.05, 3.63) is 33.6 Å². The molecule has 1 aromatic heterocycles. The van der Waals surface area contributed by atoms with Gasteiger partial charge in [-0.1, -0.05) is 0 Å². The molecular formula is C11H15N3O4. The number of rotatable bonds is 6. The van der Waals surface area contributed by atoms with Crippen LogP contribution in [-0.4, -0.2) is 36.1 Å². The number of aryl methyl sites for hydroxylation is 1. The highest BCUT2D eigenvalue weighted by molar-refractivity contribution is 5.95. The summed E-state index contributed by atoms with van der Waals surface area (Å²) in [5.41, 5.74) is 0.495. The first-order valence-corrected chi connectivity index (χ1v) is 5.44. The van der Waals surface area contributed by atoms with Crippen molar-refractivity contribution < 1.29 is 14.5 Å². The van der Waals surface area contributed by atoms with E-state index in [2.05, 4.69) is 10.3 Å². The van der Waals surface area contributed by atoms with Crippen molar-refractivity contribution in [2.45, 2.75) is 13.3 Å². The lowest BCUT2D eigenvalue weighted by Crippen LogP contribution is -2.26. The van der Waals surface area contributed by atoms with Crippen LogP contribution in [0.25, 0.3) is 0 Å². The van der Waals surface area contributed by atoms with Crippen LogP contribution in [0.5, 0.6) is 0 Å². The summed E-state index contributed by atoms with van der Waals surface area (Å²) in [6.07, 6.45) is 1.82. The molecule has 18 heavy (non-hydrogen) atoms. The van der Waals surface area contributed by atoms with Crippen LogP contribution in [0.15, 0.2) is 12.3 Å². The number of aromatic nitrogens is 1. The average Bonchev–Trinajstić information content (AvgIpc) is 2.34. The standard InChI is InChI=1S/C11H15N3O4/c1-8-10(6-9(7-13-8)14(16)17)11(15)12-4-3-5-18-2/h6-7H,3-5H2,1-2H3,(H,12,15). The number of pyridine rings is 1. The second-order valence-electron chi connectivity index (χ2n) is 3.69. The summed E-state index contributed by atoms with van der Waals surface area (Å²) in [4.78, 5) is 25.7. The van der Waals surface area contributed by atoms with Gasteiger partial charge >= 0.3 is 0 Å². The molecule has 0 radical (unpaired) electrons. The van der Waals surface area contributed by atoms with Crippen molar-refractivity contribution >= 4 is 11.6 Å². The average molecular weight is 253 g/mol. The van der Waals surface area contributed by atoms with Crippen molar-refractivity contribution in [2.24, 2.45) is 0 Å². The molecule has 0 aliphatic rings. The minimum Gasteiger partial charge on any atom is -0.385 e. The third-order valence-electron chi connectivity index (χ3n) is 2.34. The van der Waals surface area contributed by atoms with Crippen LogP contribution < -0.4 is 5.32 Å². The topological polar surface area (TPSA) is 94.4 Å². The molecule has 0 atom stereocenters. The SMILES string of the molecule is COCCCNC(=O)c1cc([N+](=O)[O-])cnc1C. The fourth-order valence-electron chi connectivity index (χ4n) is 1.37. The van der Waals surface area contributed by atoms with Gasteiger partial charge in [0, 0.05) is 26.3 Å². The van der Waals surface area contributed by atoms with E-state index in [9.17, 15) is 14.9 Å². The molecule has 0 saturated heterocycles. The molecule has 98 valence electrons. The lowest BCUT2D eigenvalue weighted by Gasteiger charge is -2.06. The van der Waals surface area contributed by atoms with Gasteiger partial charge in [-0.2, -0.15) is 0 Å². The predicted octanol–water partition coefficient (Wildman–Crippen LogP) is 1.06. The Balaban J connectivity index is 2.72. The number of hydrogen-bond donors (Lipinski definition) is 1. The second kappa shape index (κ2) is 6.65. The van der Waals surface area contributed by atoms with E-state index in [4.69, 9.17) is 4.74 Å². The van der Waals surface area contributed by atoms with Crippen LogP contribution in [0.3, 0.4) is 0 Å². The molecule has 0 saturated carbocycles. The molecule has 0 aromatic carbocycles. The van der Waals surface area contributed by atoms with Crippen molar-refractivity contribution in [3.63, 3.8) is 0 Å². The highest BCUT2D eigenvalue weighted by Gasteiger charge is 2.15. The van der Waals surface area contributed by atoms with E-state index in [1.54, 1.807) is 14.0 Å². The summed E-state index contributed by atoms with van der Waals surface area (Å²) in [5.74, 6) is -0.361. The molecule has 0 fully saturated rings. The molecule has 0 bridgehead atoms. The maximum atomic E-state index is 11.8. The van der Waals surface area contributed by atoms with E-state index in [1.165, 1.54) is 6.07 Å². The number of carbonyl (C=O) groups is 1. The summed E-state index contributed by atoms with van der Waals surface area (Å²) in [7, 11) is 1.58. The Hall–Kier alpha value is -2.02. The Kier molecular flexibility index (Phi) is 5.19. The Morgan fingerprint density at radius 2 is 2.33 bits per heavy atom. The van der Waals surface area contributed by atoms with Gasteiger partial charge in [-0.3, -0.25) is 19.9 Å². The smallest absolute Gasteiger partial charge is 0.288 e. The van der Waals surface area contributed by atoms with Gasteiger partial charge < -0.3 is 10.1 Å². The first kappa shape index (κ1) is 14.0. The van der Waals surface area contributed by atoms with Crippen molar-refractivity contribution in [2.75, 3.05) is 20.3 Å². The third kappa shape index (κ3) is 3.77. The van der Waals surface area contributed by atoms with Crippen molar-refractivity contribution in [1.29, 1.82) is 0 Å². The number of nitro groups is 1. The Bertz CT molecular complexity index is 448. The maximum absolute atomic E-state index is 11.8. The highest BCUT2D eigenvalue weighted by Crippen LogP contribution is 2.14. The fraction of sp³-hybridized carbons (Fsp3) is 0.455. The lowest BCUT2D eigenvalue weighted by atomic mass is 10.2. The largest absolute Gasteiger partial charge is 0.385 e. The molecule has 1 rings (SSSR count). The van der Waals surface area contributed by atoms with Crippen molar-refractivity contribution in [3.8, 4) is 0 Å². The molecule has 7 nitrogen and oxygen atoms in total. The Morgan fingerprint density at radius 3 is 2.94 bits per heavy atom. The van der Waals surface area contributed by atoms with E-state index in [-0.39, 0.29) is 17.2 Å². The molecule has 1 N–H and O–H groups in total. The first-order chi connectivity index (χ1) is 8.56. The van der Waals surface area contributed by atoms with Gasteiger partial charge in [0.25, 0.3) is 11.6 Å². The molecule has 0 aliphatic carbocycles. The zero-order valence-electron chi connectivity index (χ0n) is 10.3. The summed E-state index contributed by atoms with van der Waals surface area (Å²) in [6.45, 7) is 2.63. The number of ether oxygens (including phenoxy) is 1. The molecule has 1 heterocycles. The van der Waals surface area contributed by atoms with Gasteiger partial charge in [-0.25, -0.2) is 0 Å². The zero-order chi connectivity index (χ0) is 13.5. The van der Waals surface area contributed by atoms with Gasteiger partial charge in [0.15, 0.2) is 0 Å². The normalized spacial score (nSPS) is 10.1. The number of carbonyl (C=O) groups excluding carboxylic acids is 1. The molecule has 1 amide bonds. The van der Waals surface area contributed by atoms with E-state index >= 15 is 0 Å². The molecular weight excluding hydrogens is 238 g/mol. The lowest BCUT2D eigenvalue weighted by molar-refractivity contribution is -0.385. The number of hydrogen-bond acceptors (Lipinski definition) is 5. The molecule has 0 aliphatic heterocycles. The van der Waals surface area contributed by atoms with Gasteiger partial charge in [0.1, 0.15) is 6.20 Å². The Morgan fingerprint density at radius 1 is 1.61 bits per heavy atom. The molecule has 7 heteroatoms. The van der Waals surface area contributed by atoms with Crippen LogP contribution >= 0.6 is 0 Å². The summed E-state index contributed by atoms with van der Waals surface area (Å²) >= 11 is 0. The van der Waals surface area contributed by atoms with Crippen LogP contribution in [0.1, 0.15) is 22.5 Å². The quantitative estimate of drug-likeness (QED) is 0.464. The van der Waals surface area contributed by atoms with Crippen molar-refractivity contribution in [1.82, 2.24) is 10.3 Å². The van der Waals surface area contributed by atoms with E-state index in [1.807, 2.05) is 0 Å². The Labute approximate surface area is 104 Å². The first-order valence-electron chi connectivity index (χ1n) is 5.44. The highest BCUT2D eigenvalue weighted by atomic mass is 16.6. The van der Waals surface area contributed by atoms with Crippen LogP contribution in [0.4, 0.5) is 5.69 Å². The monoisotopic (exact) mass is 253 g/mol. The van der Waals surface area contributed by atoms with E-state index in [0.717, 1.165) is 6.20 Å². The number of nitrogens with zero attached hydrogens (tertiary/aromatic N) is 2. The maximum Gasteiger partial charge on any atom is 0.288 e. The van der Waals surface area contributed by atoms with E-state index < -0.39 is 4.92 Å². The number of methoxy groups -OCH3 is 1. The molecule has 0 unspecified atom stereocenters. The van der Waals surface area contributed by atoms with Gasteiger partial charge in [0.2, 0.25) is 0 Å². The summed E-state index contributed by atoms with van der Waals surface area (Å²) < 4.78 is 4.85. The third-order valence-corrected chi connectivity index (χ3v) is 2.34. The van der Waals surface area contributed by atoms with Gasteiger partial charge in [-0.15, -0.1) is 0 Å². The van der Waals surface area contributed by atoms with E-state index in [0.29, 0.717) is 25.3 Å². The van der Waals surface area contributed by atoms with Crippen LogP contribution in [0.2, 0.25) is 0 Å².